The summed E-state index contributed by atoms with van der Waals surface area (Å²) in [5.74, 6) is 0. The van der Waals surface area contributed by atoms with Crippen molar-refractivity contribution < 1.29 is 0 Å². The largest absolute Gasteiger partial charge is 0.286 e. The van der Waals surface area contributed by atoms with Crippen molar-refractivity contribution in [2.24, 2.45) is 4.99 Å². The van der Waals surface area contributed by atoms with E-state index in [0.29, 0.717) is 0 Å². The van der Waals surface area contributed by atoms with Gasteiger partial charge in [0.2, 0.25) is 0 Å². The van der Waals surface area contributed by atoms with E-state index in [1.165, 1.54) is 5.56 Å². The summed E-state index contributed by atoms with van der Waals surface area (Å²) in [5.41, 5.74) is 1.20. The van der Waals surface area contributed by atoms with Crippen LogP contribution in [0.1, 0.15) is 10.9 Å². The van der Waals surface area contributed by atoms with Crippen molar-refractivity contribution in [2.75, 3.05) is 21.1 Å². The lowest BCUT2D eigenvalue weighted by molar-refractivity contribution is 0.106. The number of aliphatic imine (C=N–C) groups is 1. The molecule has 1 fully saturated rings. The Bertz CT molecular complexity index is 365. The van der Waals surface area contributed by atoms with Gasteiger partial charge in [0.15, 0.2) is 5.17 Å². The lowest BCUT2D eigenvalue weighted by atomic mass is 10.3. The van der Waals surface area contributed by atoms with Crippen LogP contribution in [0.25, 0.3) is 0 Å². The average molecular weight is 222 g/mol. The lowest BCUT2D eigenvalue weighted by Gasteiger charge is -2.24. The molecule has 0 spiro atoms. The van der Waals surface area contributed by atoms with Gasteiger partial charge in [0, 0.05) is 33.5 Å². The van der Waals surface area contributed by atoms with Gasteiger partial charge in [0.25, 0.3) is 0 Å². The maximum atomic E-state index is 4.24. The van der Waals surface area contributed by atoms with Crippen molar-refractivity contribution in [1.29, 1.82) is 0 Å². The highest BCUT2D eigenvalue weighted by molar-refractivity contribution is 8.14. The van der Waals surface area contributed by atoms with Crippen molar-refractivity contribution in [3.05, 3.63) is 30.1 Å². The Morgan fingerprint density at radius 3 is 2.80 bits per heavy atom. The minimum Gasteiger partial charge on any atom is -0.286 e. The summed E-state index contributed by atoms with van der Waals surface area (Å²) in [6.45, 7) is 0. The molecule has 1 aromatic heterocycles. The second kappa shape index (κ2) is 4.20. The molecule has 15 heavy (non-hydrogen) atoms. The van der Waals surface area contributed by atoms with Gasteiger partial charge in [-0.1, -0.05) is 17.8 Å². The zero-order valence-corrected chi connectivity index (χ0v) is 9.90. The third-order valence-electron chi connectivity index (χ3n) is 2.47. The van der Waals surface area contributed by atoms with E-state index in [-0.39, 0.29) is 5.37 Å². The topological polar surface area (TPSA) is 31.7 Å². The molecule has 80 valence electrons. The smallest absolute Gasteiger partial charge is 0.175 e. The minimum absolute atomic E-state index is 0.280. The number of hydrogen-bond acceptors (Lipinski definition) is 4. The molecule has 1 aliphatic heterocycles. The summed E-state index contributed by atoms with van der Waals surface area (Å²) in [6, 6.07) is 4.05. The molecule has 4 nitrogen and oxygen atoms in total. The highest BCUT2D eigenvalue weighted by atomic mass is 32.2. The third-order valence-corrected chi connectivity index (χ3v) is 3.93. The maximum Gasteiger partial charge on any atom is 0.175 e. The van der Waals surface area contributed by atoms with Gasteiger partial charge in [0.1, 0.15) is 5.37 Å². The fraction of sp³-hybridized carbons (Fsp3) is 0.400. The molecule has 1 aliphatic rings. The Kier molecular flexibility index (Phi) is 2.93. The number of pyridine rings is 1. The number of hydrazine groups is 1. The van der Waals surface area contributed by atoms with Crippen LogP contribution < -0.4 is 0 Å². The molecule has 1 aromatic rings. The predicted molar refractivity (Wildman–Crippen MR) is 63.5 cm³/mol. The standard InChI is InChI=1S/C10H14N4S/c1-11-10-14(3)13(2)9(15-10)8-5-4-6-12-7-8/h4-7,9H,1-3H3. The summed E-state index contributed by atoms with van der Waals surface area (Å²) in [7, 11) is 5.90. The van der Waals surface area contributed by atoms with E-state index in [1.54, 1.807) is 18.0 Å². The van der Waals surface area contributed by atoms with Gasteiger partial charge in [-0.15, -0.1) is 0 Å². The number of amidine groups is 1. The number of rotatable bonds is 1. The SMILES string of the molecule is CN=C1SC(c2cccnc2)N(C)N1C. The van der Waals surface area contributed by atoms with Gasteiger partial charge in [-0.2, -0.15) is 0 Å². The third kappa shape index (κ3) is 1.85. The van der Waals surface area contributed by atoms with Crippen LogP contribution in [0.15, 0.2) is 29.5 Å². The normalized spacial score (nSPS) is 25.1. The van der Waals surface area contributed by atoms with E-state index in [9.17, 15) is 0 Å². The molecule has 1 atom stereocenters. The molecular weight excluding hydrogens is 208 g/mol. The maximum absolute atomic E-state index is 4.24. The van der Waals surface area contributed by atoms with Crippen LogP contribution in [0.3, 0.4) is 0 Å². The summed E-state index contributed by atoms with van der Waals surface area (Å²) >= 11 is 1.74. The molecule has 1 unspecified atom stereocenters. The summed E-state index contributed by atoms with van der Waals surface area (Å²) in [6.07, 6.45) is 3.70. The van der Waals surface area contributed by atoms with Crippen LogP contribution >= 0.6 is 11.8 Å². The Morgan fingerprint density at radius 2 is 2.27 bits per heavy atom. The molecule has 0 aromatic carbocycles. The Hall–Kier alpha value is -1.07. The van der Waals surface area contributed by atoms with Crippen LogP contribution in [-0.4, -0.2) is 41.3 Å². The average Bonchev–Trinajstić information content (AvgIpc) is 2.57. The second-order valence-corrected chi connectivity index (χ2v) is 4.41. The van der Waals surface area contributed by atoms with Crippen LogP contribution in [0.2, 0.25) is 0 Å². The van der Waals surface area contributed by atoms with E-state index >= 15 is 0 Å². The van der Waals surface area contributed by atoms with Gasteiger partial charge in [-0.25, -0.2) is 5.01 Å². The van der Waals surface area contributed by atoms with Gasteiger partial charge in [-0.05, 0) is 11.6 Å². The predicted octanol–water partition coefficient (Wildman–Crippen LogP) is 1.59. The molecule has 2 rings (SSSR count). The quantitative estimate of drug-likeness (QED) is 0.722. The molecule has 0 saturated carbocycles. The molecule has 0 radical (unpaired) electrons. The summed E-state index contributed by atoms with van der Waals surface area (Å²) in [4.78, 5) is 8.38. The van der Waals surface area contributed by atoms with Crippen molar-refractivity contribution in [3.63, 3.8) is 0 Å². The zero-order valence-electron chi connectivity index (χ0n) is 9.08. The number of thioether (sulfide) groups is 1. The molecule has 0 amide bonds. The van der Waals surface area contributed by atoms with Crippen molar-refractivity contribution in [1.82, 2.24) is 15.0 Å². The number of hydrogen-bond donors (Lipinski definition) is 0. The van der Waals surface area contributed by atoms with Crippen molar-refractivity contribution in [2.45, 2.75) is 5.37 Å². The Morgan fingerprint density at radius 1 is 1.47 bits per heavy atom. The number of aromatic nitrogens is 1. The monoisotopic (exact) mass is 222 g/mol. The second-order valence-electron chi connectivity index (χ2n) is 3.36. The Balaban J connectivity index is 2.26. The van der Waals surface area contributed by atoms with Crippen LogP contribution in [0.4, 0.5) is 0 Å². The first kappa shape index (κ1) is 10.4. The summed E-state index contributed by atoms with van der Waals surface area (Å²) in [5, 5.41) is 5.53. The van der Waals surface area contributed by atoms with Gasteiger partial charge < -0.3 is 0 Å². The van der Waals surface area contributed by atoms with Crippen LogP contribution in [0, 0.1) is 0 Å². The first-order valence-electron chi connectivity index (χ1n) is 4.74. The van der Waals surface area contributed by atoms with E-state index in [0.717, 1.165) is 5.17 Å². The highest BCUT2D eigenvalue weighted by Gasteiger charge is 2.32. The fourth-order valence-corrected chi connectivity index (χ4v) is 2.70. The first-order chi connectivity index (χ1) is 7.24. The zero-order chi connectivity index (χ0) is 10.8. The molecule has 0 N–H and O–H groups in total. The lowest BCUT2D eigenvalue weighted by Crippen LogP contribution is -2.33. The van der Waals surface area contributed by atoms with E-state index < -0.39 is 0 Å². The van der Waals surface area contributed by atoms with E-state index in [2.05, 4.69) is 33.1 Å². The Labute approximate surface area is 94.0 Å². The van der Waals surface area contributed by atoms with Crippen LogP contribution in [-0.2, 0) is 0 Å². The molecule has 0 bridgehead atoms. The van der Waals surface area contributed by atoms with Crippen LogP contribution in [0.5, 0.6) is 0 Å². The molecule has 5 heteroatoms. The minimum atomic E-state index is 0.280. The molecule has 1 saturated heterocycles. The summed E-state index contributed by atoms with van der Waals surface area (Å²) < 4.78 is 0. The van der Waals surface area contributed by atoms with E-state index in [4.69, 9.17) is 0 Å². The van der Waals surface area contributed by atoms with Crippen molar-refractivity contribution >= 4 is 16.9 Å². The molecular formula is C10H14N4S. The molecule has 0 aliphatic carbocycles. The molecule has 2 heterocycles. The van der Waals surface area contributed by atoms with Gasteiger partial charge in [0.05, 0.1) is 0 Å². The van der Waals surface area contributed by atoms with Gasteiger partial charge >= 0.3 is 0 Å². The highest BCUT2D eigenvalue weighted by Crippen LogP contribution is 2.39. The fourth-order valence-electron chi connectivity index (χ4n) is 1.55. The van der Waals surface area contributed by atoms with E-state index in [1.807, 2.05) is 26.4 Å². The van der Waals surface area contributed by atoms with Gasteiger partial charge in [-0.3, -0.25) is 15.0 Å². The van der Waals surface area contributed by atoms with Crippen molar-refractivity contribution in [3.8, 4) is 0 Å². The number of nitrogens with zero attached hydrogens (tertiary/aromatic N) is 4. The first-order valence-corrected chi connectivity index (χ1v) is 5.62.